The Morgan fingerprint density at radius 1 is 1.41 bits per heavy atom. The number of nitrogens with zero attached hydrogens (tertiary/aromatic N) is 2. The largest absolute Gasteiger partial charge is 0.497 e. The van der Waals surface area contributed by atoms with Gasteiger partial charge in [-0.2, -0.15) is 0 Å². The highest BCUT2D eigenvalue weighted by Gasteiger charge is 2.12. The monoisotopic (exact) mass is 315 g/mol. The van der Waals surface area contributed by atoms with Crippen LogP contribution in [0.2, 0.25) is 0 Å². The Hall–Kier alpha value is -2.67. The van der Waals surface area contributed by atoms with Crippen LogP contribution in [0.15, 0.2) is 45.9 Å². The summed E-state index contributed by atoms with van der Waals surface area (Å²) in [5, 5.41) is 20.0. The Kier molecular flexibility index (Phi) is 3.88. The van der Waals surface area contributed by atoms with Gasteiger partial charge in [-0.05, 0) is 29.6 Å². The number of amides is 1. The smallest absolute Gasteiger partial charge is 0.269 e. The number of benzene rings is 1. The highest BCUT2D eigenvalue weighted by molar-refractivity contribution is 7.10. The summed E-state index contributed by atoms with van der Waals surface area (Å²) in [4.78, 5) is 15.5. The molecule has 0 aliphatic carbocycles. The molecule has 1 amide bonds. The number of ether oxygens (including phenoxy) is 1. The lowest BCUT2D eigenvalue weighted by molar-refractivity contribution is -0.117. The summed E-state index contributed by atoms with van der Waals surface area (Å²) < 4.78 is 5.15. The number of hydrogen-bond acceptors (Lipinski definition) is 5. The number of azo groups is 1. The maximum Gasteiger partial charge on any atom is 0.269 e. The Morgan fingerprint density at radius 3 is 3.00 bits per heavy atom. The molecule has 2 aromatic heterocycles. The molecule has 0 saturated heterocycles. The first-order chi connectivity index (χ1) is 10.7. The van der Waals surface area contributed by atoms with Crippen molar-refractivity contribution in [2.75, 3.05) is 7.11 Å². The number of carbonyl (C=O) groups excluding carboxylic acids is 1. The van der Waals surface area contributed by atoms with Gasteiger partial charge in [0.25, 0.3) is 5.91 Å². The van der Waals surface area contributed by atoms with Crippen LogP contribution >= 0.6 is 11.3 Å². The second-order valence-electron chi connectivity index (χ2n) is 4.58. The van der Waals surface area contributed by atoms with E-state index < -0.39 is 0 Å². The molecule has 0 fully saturated rings. The summed E-state index contributed by atoms with van der Waals surface area (Å²) in [6.07, 6.45) is 0.202. The molecule has 0 saturated carbocycles. The van der Waals surface area contributed by atoms with E-state index in [-0.39, 0.29) is 23.9 Å². The zero-order valence-electron chi connectivity index (χ0n) is 11.7. The van der Waals surface area contributed by atoms with Crippen molar-refractivity contribution in [2.24, 2.45) is 10.2 Å². The summed E-state index contributed by atoms with van der Waals surface area (Å²) in [6.45, 7) is 0. The number of aromatic hydroxyl groups is 1. The van der Waals surface area contributed by atoms with Crippen LogP contribution in [0.1, 0.15) is 4.88 Å². The number of thiophene rings is 1. The number of carbonyl (C=O) groups is 1. The molecule has 3 aromatic rings. The maximum absolute atomic E-state index is 11.8. The average molecular weight is 315 g/mol. The number of nitrogens with one attached hydrogen (secondary N) is 1. The molecule has 6 nitrogen and oxygen atoms in total. The topological polar surface area (TPSA) is 87.0 Å². The van der Waals surface area contributed by atoms with Gasteiger partial charge < -0.3 is 14.8 Å². The van der Waals surface area contributed by atoms with Gasteiger partial charge in [-0.15, -0.1) is 21.6 Å². The molecule has 0 aliphatic heterocycles. The highest BCUT2D eigenvalue weighted by atomic mass is 32.1. The normalized spacial score (nSPS) is 11.3. The number of methoxy groups -OCH3 is 1. The second kappa shape index (κ2) is 5.98. The number of fused-ring (bicyclic) bond motifs is 1. The predicted octanol–water partition coefficient (Wildman–Crippen LogP) is 3.80. The van der Waals surface area contributed by atoms with Crippen molar-refractivity contribution in [1.82, 2.24) is 4.98 Å². The Balaban J connectivity index is 1.87. The van der Waals surface area contributed by atoms with E-state index in [4.69, 9.17) is 4.74 Å². The van der Waals surface area contributed by atoms with Crippen molar-refractivity contribution in [1.29, 1.82) is 0 Å². The summed E-state index contributed by atoms with van der Waals surface area (Å²) in [7, 11) is 1.55. The van der Waals surface area contributed by atoms with Crippen LogP contribution < -0.4 is 4.74 Å². The lowest BCUT2D eigenvalue weighted by atomic mass is 10.2. The van der Waals surface area contributed by atoms with E-state index in [9.17, 15) is 9.90 Å². The van der Waals surface area contributed by atoms with Gasteiger partial charge in [0.15, 0.2) is 5.69 Å². The van der Waals surface area contributed by atoms with Gasteiger partial charge in [0, 0.05) is 10.3 Å². The fraction of sp³-hybridized carbons (Fsp3) is 0.133. The lowest BCUT2D eigenvalue weighted by Gasteiger charge is -1.98. The first kappa shape index (κ1) is 14.3. The van der Waals surface area contributed by atoms with Crippen LogP contribution in [0.3, 0.4) is 0 Å². The van der Waals surface area contributed by atoms with Crippen molar-refractivity contribution in [3.8, 4) is 11.6 Å². The molecule has 22 heavy (non-hydrogen) atoms. The van der Waals surface area contributed by atoms with E-state index in [1.807, 2.05) is 17.5 Å². The van der Waals surface area contributed by atoms with E-state index in [2.05, 4.69) is 15.2 Å². The second-order valence-corrected chi connectivity index (χ2v) is 5.62. The van der Waals surface area contributed by atoms with E-state index in [1.165, 1.54) is 11.3 Å². The molecule has 0 spiro atoms. The fourth-order valence-corrected chi connectivity index (χ4v) is 2.77. The third-order valence-electron chi connectivity index (χ3n) is 3.13. The fourth-order valence-electron chi connectivity index (χ4n) is 2.07. The van der Waals surface area contributed by atoms with Crippen LogP contribution in [0.4, 0.5) is 5.69 Å². The number of aromatic amines is 1. The third kappa shape index (κ3) is 2.84. The van der Waals surface area contributed by atoms with Gasteiger partial charge in [0.05, 0.1) is 19.0 Å². The molecule has 7 heteroatoms. The zero-order chi connectivity index (χ0) is 15.5. The number of H-pyrrole nitrogens is 1. The highest BCUT2D eigenvalue weighted by Crippen LogP contribution is 2.37. The molecule has 1 aromatic carbocycles. The van der Waals surface area contributed by atoms with Gasteiger partial charge in [0.1, 0.15) is 5.75 Å². The SMILES string of the molecule is COc1ccc2[nH]c(O)c(N=NC(=O)Cc3cccs3)c2c1. The summed E-state index contributed by atoms with van der Waals surface area (Å²) in [5.74, 6) is 0.142. The summed E-state index contributed by atoms with van der Waals surface area (Å²) in [6, 6.07) is 9.00. The summed E-state index contributed by atoms with van der Waals surface area (Å²) in [5.41, 5.74) is 0.923. The van der Waals surface area contributed by atoms with Gasteiger partial charge in [-0.1, -0.05) is 6.07 Å². The van der Waals surface area contributed by atoms with Crippen LogP contribution in [0.5, 0.6) is 11.6 Å². The van der Waals surface area contributed by atoms with E-state index in [1.54, 1.807) is 25.3 Å². The molecule has 112 valence electrons. The molecular weight excluding hydrogens is 302 g/mol. The van der Waals surface area contributed by atoms with Crippen molar-refractivity contribution in [3.05, 3.63) is 40.6 Å². The summed E-state index contributed by atoms with van der Waals surface area (Å²) >= 11 is 1.49. The number of rotatable bonds is 4. The minimum Gasteiger partial charge on any atom is -0.497 e. The van der Waals surface area contributed by atoms with Gasteiger partial charge >= 0.3 is 0 Å². The molecule has 0 bridgehead atoms. The molecule has 0 unspecified atom stereocenters. The van der Waals surface area contributed by atoms with Crippen LogP contribution in [0.25, 0.3) is 10.9 Å². The van der Waals surface area contributed by atoms with E-state index in [0.29, 0.717) is 16.7 Å². The van der Waals surface area contributed by atoms with Crippen molar-refractivity contribution in [2.45, 2.75) is 6.42 Å². The van der Waals surface area contributed by atoms with Gasteiger partial charge in [-0.25, -0.2) is 0 Å². The molecule has 3 rings (SSSR count). The molecule has 0 radical (unpaired) electrons. The Labute approximate surface area is 130 Å². The van der Waals surface area contributed by atoms with Crippen LogP contribution in [-0.2, 0) is 11.2 Å². The predicted molar refractivity (Wildman–Crippen MR) is 84.1 cm³/mol. The van der Waals surface area contributed by atoms with Crippen LogP contribution in [-0.4, -0.2) is 23.1 Å². The Bertz CT molecular complexity index is 837. The van der Waals surface area contributed by atoms with Crippen molar-refractivity contribution in [3.63, 3.8) is 0 Å². The minimum absolute atomic E-state index is 0.129. The molecule has 0 aliphatic rings. The van der Waals surface area contributed by atoms with E-state index >= 15 is 0 Å². The van der Waals surface area contributed by atoms with Crippen molar-refractivity contribution >= 4 is 33.8 Å². The van der Waals surface area contributed by atoms with Crippen molar-refractivity contribution < 1.29 is 14.6 Å². The molecular formula is C15H13N3O3S. The number of hydrogen-bond donors (Lipinski definition) is 2. The quantitative estimate of drug-likeness (QED) is 0.718. The van der Waals surface area contributed by atoms with Gasteiger partial charge in [-0.3, -0.25) is 4.79 Å². The van der Waals surface area contributed by atoms with Gasteiger partial charge in [0.2, 0.25) is 5.88 Å². The average Bonchev–Trinajstić information content (AvgIpc) is 3.11. The van der Waals surface area contributed by atoms with Crippen LogP contribution in [0, 0.1) is 0 Å². The lowest BCUT2D eigenvalue weighted by Crippen LogP contribution is -1.95. The third-order valence-corrected chi connectivity index (χ3v) is 4.00. The molecule has 2 heterocycles. The minimum atomic E-state index is -0.362. The molecule has 2 N–H and O–H groups in total. The molecule has 0 atom stereocenters. The maximum atomic E-state index is 11.8. The standard InChI is InChI=1S/C15H13N3O3S/c1-21-9-4-5-12-11(7-9)14(15(20)16-12)18-17-13(19)8-10-3-2-6-22-10/h2-7,16,20H,8H2,1H3. The Morgan fingerprint density at radius 2 is 2.27 bits per heavy atom. The zero-order valence-corrected chi connectivity index (χ0v) is 12.6. The first-order valence-electron chi connectivity index (χ1n) is 6.53. The van der Waals surface area contributed by atoms with E-state index in [0.717, 1.165) is 4.88 Å². The first-order valence-corrected chi connectivity index (χ1v) is 7.41. The number of aromatic nitrogens is 1.